The first-order valence-corrected chi connectivity index (χ1v) is 8.28. The second kappa shape index (κ2) is 5.66. The van der Waals surface area contributed by atoms with E-state index in [0.29, 0.717) is 13.2 Å². The number of thiophene rings is 1. The Balaban J connectivity index is 1.91. The van der Waals surface area contributed by atoms with E-state index in [0.717, 1.165) is 11.3 Å². The molecule has 3 nitrogen and oxygen atoms in total. The fraction of sp³-hybridized carbons (Fsp3) is 0.750. The zero-order valence-electron chi connectivity index (χ0n) is 13.3. The summed E-state index contributed by atoms with van der Waals surface area (Å²) in [5, 5.41) is 14.4. The molecule has 0 bridgehead atoms. The van der Waals surface area contributed by atoms with Crippen molar-refractivity contribution in [1.29, 1.82) is 0 Å². The van der Waals surface area contributed by atoms with Crippen LogP contribution in [0.3, 0.4) is 0 Å². The lowest BCUT2D eigenvalue weighted by molar-refractivity contribution is 0.00529. The van der Waals surface area contributed by atoms with E-state index < -0.39 is 6.10 Å². The number of β-amino-alcohol motifs (C(OH)–C–C–N with tert-alkyl or cyclic N) is 1. The van der Waals surface area contributed by atoms with Crippen LogP contribution in [0.1, 0.15) is 46.1 Å². The minimum atomic E-state index is -0.453. The van der Waals surface area contributed by atoms with Crippen molar-refractivity contribution in [3.05, 3.63) is 16.3 Å². The van der Waals surface area contributed by atoms with Crippen LogP contribution in [0.4, 0.5) is 0 Å². The highest BCUT2D eigenvalue weighted by atomic mass is 32.1. The summed E-state index contributed by atoms with van der Waals surface area (Å²) in [5.74, 6) is 0.897. The Morgan fingerprint density at radius 3 is 2.35 bits per heavy atom. The molecule has 0 aliphatic carbocycles. The van der Waals surface area contributed by atoms with Gasteiger partial charge in [0.2, 0.25) is 0 Å². The number of aliphatic hydroxyl groups excluding tert-OH is 1. The van der Waals surface area contributed by atoms with Gasteiger partial charge in [-0.2, -0.15) is 0 Å². The van der Waals surface area contributed by atoms with E-state index in [9.17, 15) is 5.11 Å². The summed E-state index contributed by atoms with van der Waals surface area (Å²) in [5.41, 5.74) is 1.45. The lowest BCUT2D eigenvalue weighted by Gasteiger charge is -2.41. The second-order valence-electron chi connectivity index (χ2n) is 7.12. The van der Waals surface area contributed by atoms with E-state index in [1.165, 1.54) is 12.8 Å². The van der Waals surface area contributed by atoms with Gasteiger partial charge in [0.25, 0.3) is 0 Å². The number of aliphatic hydroxyl groups is 1. The molecule has 1 N–H and O–H groups in total. The highest BCUT2D eigenvalue weighted by Crippen LogP contribution is 2.40. The Morgan fingerprint density at radius 1 is 1.25 bits per heavy atom. The van der Waals surface area contributed by atoms with Gasteiger partial charge in [-0.3, -0.25) is 4.90 Å². The minimum absolute atomic E-state index is 0.156. The van der Waals surface area contributed by atoms with Crippen molar-refractivity contribution in [2.45, 2.75) is 64.6 Å². The maximum atomic E-state index is 10.3. The normalized spacial score (nSPS) is 22.9. The Hall–Kier alpha value is -0.580. The highest BCUT2D eigenvalue weighted by Gasteiger charge is 2.44. The number of aryl methyl sites for hydroxylation is 1. The number of likely N-dealkylation sites (tertiary alicyclic amines) is 1. The molecule has 0 saturated carbocycles. The smallest absolute Gasteiger partial charge is 0.133 e. The summed E-state index contributed by atoms with van der Waals surface area (Å²) >= 11 is 1.63. The van der Waals surface area contributed by atoms with E-state index >= 15 is 0 Å². The molecular formula is C16H27NO2S. The van der Waals surface area contributed by atoms with E-state index in [2.05, 4.69) is 38.0 Å². The van der Waals surface area contributed by atoms with Crippen molar-refractivity contribution in [3.8, 4) is 5.75 Å². The summed E-state index contributed by atoms with van der Waals surface area (Å²) < 4.78 is 5.72. The topological polar surface area (TPSA) is 32.7 Å². The van der Waals surface area contributed by atoms with Crippen molar-refractivity contribution in [2.75, 3.05) is 13.2 Å². The number of nitrogens with zero attached hydrogens (tertiary/aromatic N) is 1. The van der Waals surface area contributed by atoms with Gasteiger partial charge >= 0.3 is 0 Å². The molecule has 0 amide bonds. The molecule has 0 aromatic carbocycles. The fourth-order valence-electron chi connectivity index (χ4n) is 3.14. The molecular weight excluding hydrogens is 270 g/mol. The standard InChI is InChI=1S/C16H27NO2S/c1-12-10-20-11-14(12)19-9-13(18)8-17-15(2,3)6-7-16(17,4)5/h10-11,13,18H,6-9H2,1-5H3. The van der Waals surface area contributed by atoms with E-state index in [-0.39, 0.29) is 11.1 Å². The highest BCUT2D eigenvalue weighted by molar-refractivity contribution is 7.08. The monoisotopic (exact) mass is 297 g/mol. The quantitative estimate of drug-likeness (QED) is 0.903. The molecule has 114 valence electrons. The Kier molecular flexibility index (Phi) is 4.47. The largest absolute Gasteiger partial charge is 0.490 e. The number of rotatable bonds is 5. The van der Waals surface area contributed by atoms with Gasteiger partial charge in [0, 0.05) is 28.6 Å². The molecule has 1 aliphatic heterocycles. The van der Waals surface area contributed by atoms with Crippen molar-refractivity contribution >= 4 is 11.3 Å². The number of hydrogen-bond donors (Lipinski definition) is 1. The fourth-order valence-corrected chi connectivity index (χ4v) is 3.91. The van der Waals surface area contributed by atoms with Crippen molar-refractivity contribution in [3.63, 3.8) is 0 Å². The molecule has 1 aromatic rings. The first kappa shape index (κ1) is 15.8. The third kappa shape index (κ3) is 3.35. The lowest BCUT2D eigenvalue weighted by atomic mass is 10.0. The van der Waals surface area contributed by atoms with Gasteiger partial charge in [0.15, 0.2) is 0 Å². The molecule has 2 heterocycles. The van der Waals surface area contributed by atoms with E-state index in [1.54, 1.807) is 11.3 Å². The second-order valence-corrected chi connectivity index (χ2v) is 7.86. The van der Waals surface area contributed by atoms with E-state index in [4.69, 9.17) is 4.74 Å². The maximum Gasteiger partial charge on any atom is 0.133 e. The van der Waals surface area contributed by atoms with Gasteiger partial charge in [-0.15, -0.1) is 11.3 Å². The van der Waals surface area contributed by atoms with E-state index in [1.807, 2.05) is 12.3 Å². The molecule has 20 heavy (non-hydrogen) atoms. The Labute approximate surface area is 126 Å². The molecule has 2 rings (SSSR count). The summed E-state index contributed by atoms with van der Waals surface area (Å²) in [6, 6.07) is 0. The summed E-state index contributed by atoms with van der Waals surface area (Å²) in [4.78, 5) is 2.43. The molecule has 1 saturated heterocycles. The van der Waals surface area contributed by atoms with Gasteiger partial charge in [-0.1, -0.05) is 0 Å². The van der Waals surface area contributed by atoms with Crippen LogP contribution in [0.5, 0.6) is 5.75 Å². The average molecular weight is 297 g/mol. The number of ether oxygens (including phenoxy) is 1. The van der Waals surface area contributed by atoms with Gasteiger partial charge in [0.05, 0.1) is 0 Å². The summed E-state index contributed by atoms with van der Waals surface area (Å²) in [6.07, 6.45) is 1.90. The Morgan fingerprint density at radius 2 is 1.85 bits per heavy atom. The van der Waals surface area contributed by atoms with Crippen LogP contribution in [-0.2, 0) is 0 Å². The summed E-state index contributed by atoms with van der Waals surface area (Å²) in [6.45, 7) is 12.1. The van der Waals surface area contributed by atoms with Gasteiger partial charge < -0.3 is 9.84 Å². The SMILES string of the molecule is Cc1cscc1OCC(O)CN1C(C)(C)CCC1(C)C. The van der Waals surface area contributed by atoms with Gasteiger partial charge in [-0.05, 0) is 52.8 Å². The zero-order chi connectivity index (χ0) is 15.0. The van der Waals surface area contributed by atoms with Crippen molar-refractivity contribution in [2.24, 2.45) is 0 Å². The van der Waals surface area contributed by atoms with Crippen LogP contribution in [0.15, 0.2) is 10.8 Å². The van der Waals surface area contributed by atoms with Crippen LogP contribution in [0.2, 0.25) is 0 Å². The zero-order valence-corrected chi connectivity index (χ0v) is 14.1. The molecule has 4 heteroatoms. The molecule has 1 unspecified atom stereocenters. The van der Waals surface area contributed by atoms with Gasteiger partial charge in [-0.25, -0.2) is 0 Å². The first-order chi connectivity index (χ1) is 9.22. The Bertz CT molecular complexity index is 437. The maximum absolute atomic E-state index is 10.3. The lowest BCUT2D eigenvalue weighted by Crippen LogP contribution is -2.52. The average Bonchev–Trinajstić information content (AvgIpc) is 2.84. The van der Waals surface area contributed by atoms with Crippen LogP contribution >= 0.6 is 11.3 Å². The molecule has 1 aliphatic rings. The van der Waals surface area contributed by atoms with Gasteiger partial charge in [0.1, 0.15) is 18.5 Å². The van der Waals surface area contributed by atoms with Crippen molar-refractivity contribution < 1.29 is 9.84 Å². The van der Waals surface area contributed by atoms with Crippen LogP contribution in [0, 0.1) is 6.92 Å². The molecule has 1 aromatic heterocycles. The van der Waals surface area contributed by atoms with Crippen molar-refractivity contribution in [1.82, 2.24) is 4.90 Å². The first-order valence-electron chi connectivity index (χ1n) is 7.34. The van der Waals surface area contributed by atoms with Crippen LogP contribution in [-0.4, -0.2) is 40.3 Å². The molecule has 0 spiro atoms. The minimum Gasteiger partial charge on any atom is -0.490 e. The predicted octanol–water partition coefficient (Wildman–Crippen LogP) is 3.45. The third-order valence-corrected chi connectivity index (χ3v) is 5.28. The molecule has 1 fully saturated rings. The molecule has 1 atom stereocenters. The summed E-state index contributed by atoms with van der Waals surface area (Å²) in [7, 11) is 0. The van der Waals surface area contributed by atoms with Crippen LogP contribution < -0.4 is 4.74 Å². The number of hydrogen-bond acceptors (Lipinski definition) is 4. The van der Waals surface area contributed by atoms with Crippen LogP contribution in [0.25, 0.3) is 0 Å². The molecule has 0 radical (unpaired) electrons. The predicted molar refractivity (Wildman–Crippen MR) is 84.7 cm³/mol. The third-order valence-electron chi connectivity index (χ3n) is 4.44.